The fourth-order valence-electron chi connectivity index (χ4n) is 5.70. The Balaban J connectivity index is 1.45. The van der Waals surface area contributed by atoms with Crippen LogP contribution >= 0.6 is 0 Å². The van der Waals surface area contributed by atoms with Crippen LogP contribution in [0.3, 0.4) is 0 Å². The van der Waals surface area contributed by atoms with Gasteiger partial charge in [-0.3, -0.25) is 0 Å². The van der Waals surface area contributed by atoms with E-state index in [2.05, 4.69) is 44.2 Å². The Morgan fingerprint density at radius 1 is 1.08 bits per heavy atom. The van der Waals surface area contributed by atoms with Gasteiger partial charge in [0.05, 0.1) is 24.4 Å². The van der Waals surface area contributed by atoms with Gasteiger partial charge in [0.25, 0.3) is 0 Å². The zero-order valence-electron chi connectivity index (χ0n) is 15.4. The molecule has 1 heterocycles. The van der Waals surface area contributed by atoms with Crippen molar-refractivity contribution in [2.75, 3.05) is 0 Å². The number of ether oxygens (including phenoxy) is 1. The molecular formula is C23H28O2. The van der Waals surface area contributed by atoms with Gasteiger partial charge in [-0.2, -0.15) is 0 Å². The minimum atomic E-state index is 0.142. The number of benzene rings is 1. The third-order valence-corrected chi connectivity index (χ3v) is 7.05. The molecule has 0 amide bonds. The molecule has 0 saturated heterocycles. The SMILES string of the molecule is CC1(C)CC(OCc2ccccc2)C2(c3occ4c3CCCC4)CC12. The maximum Gasteiger partial charge on any atom is 0.116 e. The van der Waals surface area contributed by atoms with Gasteiger partial charge in [-0.25, -0.2) is 0 Å². The molecule has 3 aliphatic rings. The normalized spacial score (nSPS) is 32.2. The van der Waals surface area contributed by atoms with Crippen LogP contribution < -0.4 is 0 Å². The van der Waals surface area contributed by atoms with Crippen molar-refractivity contribution >= 4 is 0 Å². The quantitative estimate of drug-likeness (QED) is 0.742. The number of hydrogen-bond donors (Lipinski definition) is 0. The van der Waals surface area contributed by atoms with Crippen LogP contribution in [-0.2, 0) is 29.6 Å². The van der Waals surface area contributed by atoms with E-state index in [4.69, 9.17) is 9.15 Å². The predicted molar refractivity (Wildman–Crippen MR) is 98.6 cm³/mol. The zero-order valence-corrected chi connectivity index (χ0v) is 15.4. The number of rotatable bonds is 4. The average molecular weight is 336 g/mol. The minimum Gasteiger partial charge on any atom is -0.468 e. The van der Waals surface area contributed by atoms with Crippen molar-refractivity contribution in [3.8, 4) is 0 Å². The average Bonchev–Trinajstić information content (AvgIpc) is 3.18. The Kier molecular flexibility index (Phi) is 3.44. The Morgan fingerprint density at radius 3 is 2.68 bits per heavy atom. The lowest BCUT2D eigenvalue weighted by Crippen LogP contribution is -2.28. The fraction of sp³-hybridized carbons (Fsp3) is 0.565. The molecule has 3 unspecified atom stereocenters. The monoisotopic (exact) mass is 336 g/mol. The number of aryl methyl sites for hydroxylation is 1. The smallest absolute Gasteiger partial charge is 0.116 e. The Bertz CT molecular complexity index is 773. The maximum absolute atomic E-state index is 6.54. The summed E-state index contributed by atoms with van der Waals surface area (Å²) in [4.78, 5) is 0. The van der Waals surface area contributed by atoms with E-state index in [1.165, 1.54) is 54.6 Å². The van der Waals surface area contributed by atoms with Gasteiger partial charge in [0.1, 0.15) is 5.76 Å². The van der Waals surface area contributed by atoms with Gasteiger partial charge in [-0.1, -0.05) is 44.2 Å². The van der Waals surface area contributed by atoms with Crippen LogP contribution in [0.2, 0.25) is 0 Å². The van der Waals surface area contributed by atoms with Crippen LogP contribution in [0.25, 0.3) is 0 Å². The van der Waals surface area contributed by atoms with Gasteiger partial charge in [0.2, 0.25) is 0 Å². The van der Waals surface area contributed by atoms with Crippen molar-refractivity contribution < 1.29 is 9.15 Å². The van der Waals surface area contributed by atoms with E-state index in [0.29, 0.717) is 17.9 Å². The second-order valence-corrected chi connectivity index (χ2v) is 9.05. The van der Waals surface area contributed by atoms with Crippen LogP contribution in [0.15, 0.2) is 41.0 Å². The molecule has 2 heteroatoms. The van der Waals surface area contributed by atoms with Crippen LogP contribution in [0.5, 0.6) is 0 Å². The molecule has 0 bridgehead atoms. The van der Waals surface area contributed by atoms with Crippen molar-refractivity contribution in [3.05, 3.63) is 59.0 Å². The van der Waals surface area contributed by atoms with E-state index in [0.717, 1.165) is 6.42 Å². The summed E-state index contributed by atoms with van der Waals surface area (Å²) in [6.45, 7) is 5.54. The van der Waals surface area contributed by atoms with Gasteiger partial charge in [0, 0.05) is 0 Å². The minimum absolute atomic E-state index is 0.142. The van der Waals surface area contributed by atoms with E-state index in [9.17, 15) is 0 Å². The Hall–Kier alpha value is -1.54. The molecule has 3 atom stereocenters. The molecule has 2 saturated carbocycles. The van der Waals surface area contributed by atoms with Crippen LogP contribution in [-0.4, -0.2) is 6.10 Å². The van der Waals surface area contributed by atoms with Crippen molar-refractivity contribution in [2.45, 2.75) is 70.5 Å². The summed E-state index contributed by atoms with van der Waals surface area (Å²) in [6, 6.07) is 10.6. The van der Waals surface area contributed by atoms with E-state index in [1.54, 1.807) is 0 Å². The van der Waals surface area contributed by atoms with Crippen LogP contribution in [0.1, 0.15) is 62.0 Å². The summed E-state index contributed by atoms with van der Waals surface area (Å²) >= 11 is 0. The fourth-order valence-corrected chi connectivity index (χ4v) is 5.70. The first kappa shape index (κ1) is 15.7. The highest BCUT2D eigenvalue weighted by Crippen LogP contribution is 2.72. The summed E-state index contributed by atoms with van der Waals surface area (Å²) in [5.41, 5.74) is 4.74. The molecule has 0 radical (unpaired) electrons. The van der Waals surface area contributed by atoms with Crippen LogP contribution in [0, 0.1) is 11.3 Å². The molecule has 2 nitrogen and oxygen atoms in total. The first-order valence-corrected chi connectivity index (χ1v) is 9.86. The molecular weight excluding hydrogens is 308 g/mol. The van der Waals surface area contributed by atoms with E-state index in [-0.39, 0.29) is 11.5 Å². The highest BCUT2D eigenvalue weighted by Gasteiger charge is 2.73. The van der Waals surface area contributed by atoms with Gasteiger partial charge in [0.15, 0.2) is 0 Å². The Morgan fingerprint density at radius 2 is 1.88 bits per heavy atom. The molecule has 0 spiro atoms. The molecule has 2 aromatic rings. The first-order chi connectivity index (χ1) is 12.1. The van der Waals surface area contributed by atoms with Crippen LogP contribution in [0.4, 0.5) is 0 Å². The second-order valence-electron chi connectivity index (χ2n) is 9.05. The lowest BCUT2D eigenvalue weighted by molar-refractivity contribution is 0.00777. The number of furan rings is 1. The van der Waals surface area contributed by atoms with E-state index < -0.39 is 0 Å². The summed E-state index contributed by atoms with van der Waals surface area (Å²) in [5, 5.41) is 0. The van der Waals surface area contributed by atoms with Gasteiger partial charge in [-0.05, 0) is 66.5 Å². The third-order valence-electron chi connectivity index (χ3n) is 7.05. The zero-order chi connectivity index (χ0) is 17.1. The molecule has 1 aromatic heterocycles. The first-order valence-electron chi connectivity index (χ1n) is 9.86. The lowest BCUT2D eigenvalue weighted by atomic mass is 9.86. The molecule has 5 rings (SSSR count). The van der Waals surface area contributed by atoms with Gasteiger partial charge < -0.3 is 9.15 Å². The third kappa shape index (κ3) is 2.33. The topological polar surface area (TPSA) is 22.4 Å². The predicted octanol–water partition coefficient (Wildman–Crippen LogP) is 5.43. The van der Waals surface area contributed by atoms with E-state index in [1.807, 2.05) is 6.26 Å². The molecule has 1 aromatic carbocycles. The largest absolute Gasteiger partial charge is 0.468 e. The van der Waals surface area contributed by atoms with E-state index >= 15 is 0 Å². The highest BCUT2D eigenvalue weighted by atomic mass is 16.5. The van der Waals surface area contributed by atoms with Crippen molar-refractivity contribution in [2.24, 2.45) is 11.3 Å². The number of hydrogen-bond acceptors (Lipinski definition) is 2. The number of fused-ring (bicyclic) bond motifs is 2. The maximum atomic E-state index is 6.54. The highest BCUT2D eigenvalue weighted by molar-refractivity contribution is 5.44. The molecule has 2 fully saturated rings. The molecule has 0 aliphatic heterocycles. The summed E-state index contributed by atoms with van der Waals surface area (Å²) in [6.07, 6.45) is 9.71. The lowest BCUT2D eigenvalue weighted by Gasteiger charge is -2.26. The Labute approximate surface area is 150 Å². The summed E-state index contributed by atoms with van der Waals surface area (Å²) < 4.78 is 12.8. The molecule has 132 valence electrons. The van der Waals surface area contributed by atoms with Crippen molar-refractivity contribution in [3.63, 3.8) is 0 Å². The van der Waals surface area contributed by atoms with Gasteiger partial charge >= 0.3 is 0 Å². The van der Waals surface area contributed by atoms with Crippen molar-refractivity contribution in [1.29, 1.82) is 0 Å². The standard InChI is InChI=1S/C23H28O2/c1-22(2)13-20(24-14-16-8-4-3-5-9-16)23(12-19(22)23)21-18-11-7-6-10-17(18)15-25-21/h3-5,8-9,15,19-20H,6-7,10-14H2,1-2H3. The van der Waals surface area contributed by atoms with Gasteiger partial charge in [-0.15, -0.1) is 0 Å². The van der Waals surface area contributed by atoms with Crippen molar-refractivity contribution in [1.82, 2.24) is 0 Å². The molecule has 0 N–H and O–H groups in total. The molecule has 25 heavy (non-hydrogen) atoms. The summed E-state index contributed by atoms with van der Waals surface area (Å²) in [5.74, 6) is 1.99. The molecule has 3 aliphatic carbocycles. The second kappa shape index (κ2) is 5.48. The summed E-state index contributed by atoms with van der Waals surface area (Å²) in [7, 11) is 0.